The molecule has 0 bridgehead atoms. The maximum absolute atomic E-state index is 11.9. The Kier molecular flexibility index (Phi) is 4.30. The van der Waals surface area contributed by atoms with Crippen LogP contribution in [0.15, 0.2) is 42.7 Å². The molecule has 1 fully saturated rings. The molecular weight excluding hydrogens is 332 g/mol. The van der Waals surface area contributed by atoms with Crippen LogP contribution in [0.25, 0.3) is 16.9 Å². The summed E-state index contributed by atoms with van der Waals surface area (Å²) in [4.78, 5) is 16.2. The minimum absolute atomic E-state index is 0.0151. The van der Waals surface area contributed by atoms with Gasteiger partial charge in [0.15, 0.2) is 5.65 Å². The summed E-state index contributed by atoms with van der Waals surface area (Å²) in [5.41, 5.74) is 2.19. The number of hydrogen-bond acceptors (Lipinski definition) is 5. The van der Waals surface area contributed by atoms with Crippen LogP contribution in [0.3, 0.4) is 0 Å². The number of fused-ring (bicyclic) bond motifs is 1. The average molecular weight is 352 g/mol. The van der Waals surface area contributed by atoms with Gasteiger partial charge in [0.1, 0.15) is 0 Å². The average Bonchev–Trinajstić information content (AvgIpc) is 3.11. The molecule has 26 heavy (non-hydrogen) atoms. The van der Waals surface area contributed by atoms with Gasteiger partial charge in [0, 0.05) is 11.8 Å². The van der Waals surface area contributed by atoms with E-state index in [1.807, 2.05) is 0 Å². The van der Waals surface area contributed by atoms with Gasteiger partial charge in [0.05, 0.1) is 29.2 Å². The van der Waals surface area contributed by atoms with E-state index in [0.717, 1.165) is 25.7 Å². The zero-order valence-electron chi connectivity index (χ0n) is 14.2. The second-order valence-electron chi connectivity index (χ2n) is 6.58. The molecule has 0 spiro atoms. The summed E-state index contributed by atoms with van der Waals surface area (Å²) in [5.74, 6) is -1.05. The lowest BCUT2D eigenvalue weighted by atomic mass is 9.94. The Morgan fingerprint density at radius 1 is 1.15 bits per heavy atom. The zero-order valence-corrected chi connectivity index (χ0v) is 14.2. The number of aromatic carboxylic acids is 1. The van der Waals surface area contributed by atoms with Gasteiger partial charge in [-0.15, -0.1) is 0 Å². The van der Waals surface area contributed by atoms with Gasteiger partial charge in [-0.2, -0.15) is 5.10 Å². The van der Waals surface area contributed by atoms with Gasteiger partial charge in [0.25, 0.3) is 0 Å². The summed E-state index contributed by atoms with van der Waals surface area (Å²) >= 11 is 0. The van der Waals surface area contributed by atoms with E-state index in [4.69, 9.17) is 0 Å². The molecule has 0 atom stereocenters. The topological polar surface area (TPSA) is 91.0 Å². The van der Waals surface area contributed by atoms with Crippen molar-refractivity contribution >= 4 is 17.3 Å². The third-order valence-electron chi connectivity index (χ3n) is 4.97. The van der Waals surface area contributed by atoms with Crippen molar-refractivity contribution in [2.45, 2.75) is 38.1 Å². The smallest absolute Gasteiger partial charge is 0.336 e. The molecule has 0 aliphatic heterocycles. The Morgan fingerprint density at radius 2 is 1.96 bits per heavy atom. The van der Waals surface area contributed by atoms with Crippen molar-refractivity contribution in [1.29, 1.82) is 0 Å². The van der Waals surface area contributed by atoms with Crippen molar-refractivity contribution in [1.82, 2.24) is 14.6 Å². The van der Waals surface area contributed by atoms with Gasteiger partial charge in [-0.25, -0.2) is 14.3 Å². The van der Waals surface area contributed by atoms with Crippen molar-refractivity contribution in [3.8, 4) is 11.3 Å². The van der Waals surface area contributed by atoms with Gasteiger partial charge in [-0.05, 0) is 37.1 Å². The fraction of sp³-hybridized carbons (Fsp3) is 0.316. The number of imidazole rings is 1. The summed E-state index contributed by atoms with van der Waals surface area (Å²) in [7, 11) is 0. The Morgan fingerprint density at radius 3 is 2.73 bits per heavy atom. The summed E-state index contributed by atoms with van der Waals surface area (Å²) in [6.45, 7) is 0. The Balaban J connectivity index is 1.90. The number of aromatic nitrogens is 3. The number of nitrogens with zero attached hydrogens (tertiary/aromatic N) is 4. The lowest BCUT2D eigenvalue weighted by Crippen LogP contribution is -2.34. The molecule has 134 valence electrons. The molecule has 2 aromatic heterocycles. The number of benzene rings is 1. The third kappa shape index (κ3) is 2.80. The highest BCUT2D eigenvalue weighted by molar-refractivity contribution is 5.99. The predicted octanol–water partition coefficient (Wildman–Crippen LogP) is 3.62. The van der Waals surface area contributed by atoms with Crippen LogP contribution in [0.1, 0.15) is 42.5 Å². The first kappa shape index (κ1) is 16.5. The van der Waals surface area contributed by atoms with Crippen molar-refractivity contribution in [2.24, 2.45) is 0 Å². The molecule has 4 rings (SSSR count). The molecule has 7 nitrogen and oxygen atoms in total. The van der Waals surface area contributed by atoms with E-state index in [0.29, 0.717) is 22.6 Å². The molecular formula is C19H20N4O3. The zero-order chi connectivity index (χ0) is 18.1. The number of hydroxylamine groups is 1. The van der Waals surface area contributed by atoms with Crippen LogP contribution in [-0.2, 0) is 0 Å². The molecule has 0 amide bonds. The maximum Gasteiger partial charge on any atom is 0.336 e. The number of rotatable bonds is 4. The molecule has 0 unspecified atom stereocenters. The first-order valence-corrected chi connectivity index (χ1v) is 8.80. The Hall–Kier alpha value is -2.93. The minimum Gasteiger partial charge on any atom is -0.478 e. The normalized spacial score (nSPS) is 15.3. The summed E-state index contributed by atoms with van der Waals surface area (Å²) in [6, 6.07) is 8.51. The van der Waals surface area contributed by atoms with Crippen LogP contribution in [0, 0.1) is 0 Å². The first-order valence-electron chi connectivity index (χ1n) is 8.80. The van der Waals surface area contributed by atoms with Crippen molar-refractivity contribution < 1.29 is 15.1 Å². The number of carboxylic acids is 1. The third-order valence-corrected chi connectivity index (χ3v) is 4.97. The number of hydrogen-bond donors (Lipinski definition) is 2. The van der Waals surface area contributed by atoms with E-state index < -0.39 is 5.97 Å². The second-order valence-corrected chi connectivity index (χ2v) is 6.58. The van der Waals surface area contributed by atoms with Gasteiger partial charge in [-0.3, -0.25) is 10.3 Å². The molecule has 7 heteroatoms. The fourth-order valence-corrected chi connectivity index (χ4v) is 3.70. The number of carbonyl (C=O) groups is 1. The highest BCUT2D eigenvalue weighted by Gasteiger charge is 2.26. The Labute approximate surface area is 150 Å². The van der Waals surface area contributed by atoms with Gasteiger partial charge < -0.3 is 5.11 Å². The molecule has 2 N–H and O–H groups in total. The standard InChI is InChI=1S/C19H20N4O3/c24-19(25)14-8-4-9-15(23(26)13-6-2-1-3-7-13)18(14)16-12-20-17-10-5-11-21-22(16)17/h4-5,8-13,26H,1-3,6-7H2,(H,24,25). The maximum atomic E-state index is 11.9. The largest absolute Gasteiger partial charge is 0.478 e. The van der Waals surface area contributed by atoms with Crippen LogP contribution in [0.2, 0.25) is 0 Å². The monoisotopic (exact) mass is 352 g/mol. The molecule has 0 radical (unpaired) electrons. The Bertz CT molecular complexity index is 947. The van der Waals surface area contributed by atoms with Gasteiger partial charge >= 0.3 is 5.97 Å². The van der Waals surface area contributed by atoms with E-state index >= 15 is 0 Å². The quantitative estimate of drug-likeness (QED) is 0.697. The van der Waals surface area contributed by atoms with Crippen LogP contribution in [0.5, 0.6) is 0 Å². The highest BCUT2D eigenvalue weighted by atomic mass is 16.5. The predicted molar refractivity (Wildman–Crippen MR) is 96.5 cm³/mol. The molecule has 2 heterocycles. The van der Waals surface area contributed by atoms with E-state index in [1.54, 1.807) is 41.2 Å². The molecule has 1 saturated carbocycles. The number of anilines is 1. The summed E-state index contributed by atoms with van der Waals surface area (Å²) in [5, 5.41) is 26.1. The lowest BCUT2D eigenvalue weighted by molar-refractivity contribution is 0.0697. The van der Waals surface area contributed by atoms with Crippen LogP contribution in [-0.4, -0.2) is 36.9 Å². The molecule has 0 saturated heterocycles. The highest BCUT2D eigenvalue weighted by Crippen LogP contribution is 2.36. The lowest BCUT2D eigenvalue weighted by Gasteiger charge is -2.32. The fourth-order valence-electron chi connectivity index (χ4n) is 3.70. The van der Waals surface area contributed by atoms with Crippen molar-refractivity contribution in [2.75, 3.05) is 5.06 Å². The van der Waals surface area contributed by atoms with E-state index in [2.05, 4.69) is 10.1 Å². The summed E-state index contributed by atoms with van der Waals surface area (Å²) in [6.07, 6.45) is 8.29. The molecule has 3 aromatic rings. The number of carboxylic acid groups (broad SMARTS) is 1. The molecule has 1 aliphatic rings. The van der Waals surface area contributed by atoms with Gasteiger partial charge in [0.2, 0.25) is 0 Å². The van der Waals surface area contributed by atoms with E-state index in [-0.39, 0.29) is 11.6 Å². The van der Waals surface area contributed by atoms with Crippen LogP contribution < -0.4 is 5.06 Å². The molecule has 1 aliphatic carbocycles. The van der Waals surface area contributed by atoms with Crippen molar-refractivity contribution in [3.63, 3.8) is 0 Å². The van der Waals surface area contributed by atoms with Crippen molar-refractivity contribution in [3.05, 3.63) is 48.3 Å². The van der Waals surface area contributed by atoms with Crippen LogP contribution in [0.4, 0.5) is 5.69 Å². The van der Waals surface area contributed by atoms with E-state index in [1.165, 1.54) is 17.6 Å². The van der Waals surface area contributed by atoms with E-state index in [9.17, 15) is 15.1 Å². The second kappa shape index (κ2) is 6.76. The molecule has 1 aromatic carbocycles. The minimum atomic E-state index is -1.05. The summed E-state index contributed by atoms with van der Waals surface area (Å²) < 4.78 is 1.60. The SMILES string of the molecule is O=C(O)c1cccc(N(O)C2CCCCC2)c1-c1cnc2cccnn12. The van der Waals surface area contributed by atoms with Gasteiger partial charge in [-0.1, -0.05) is 25.3 Å². The first-order chi connectivity index (χ1) is 12.7. The van der Waals surface area contributed by atoms with Crippen LogP contribution >= 0.6 is 0 Å².